The van der Waals surface area contributed by atoms with Gasteiger partial charge in [0.05, 0.1) is 10.5 Å². The number of nitro groups is 1. The average molecular weight is 397 g/mol. The summed E-state index contributed by atoms with van der Waals surface area (Å²) in [7, 11) is 0. The molecule has 0 aliphatic heterocycles. The largest absolute Gasteiger partial charge is 0.322 e. The Hall–Kier alpha value is -3.26. The van der Waals surface area contributed by atoms with E-state index in [9.17, 15) is 19.3 Å². The summed E-state index contributed by atoms with van der Waals surface area (Å²) < 4.78 is 13.5. The van der Waals surface area contributed by atoms with Gasteiger partial charge in [0.2, 0.25) is 5.82 Å². The van der Waals surface area contributed by atoms with Crippen LogP contribution in [0.3, 0.4) is 0 Å². The van der Waals surface area contributed by atoms with Gasteiger partial charge in [0.25, 0.3) is 5.91 Å². The Balaban J connectivity index is 1.86. The summed E-state index contributed by atoms with van der Waals surface area (Å²) in [5, 5.41) is 13.9. The number of nitrogens with one attached hydrogen (secondary N) is 1. The number of amides is 1. The number of pyridine rings is 1. The molecule has 0 radical (unpaired) electrons. The maximum absolute atomic E-state index is 13.5. The number of rotatable bonds is 5. The van der Waals surface area contributed by atoms with Crippen LogP contribution in [-0.4, -0.2) is 15.8 Å². The van der Waals surface area contributed by atoms with Crippen LogP contribution in [0.15, 0.2) is 64.6 Å². The van der Waals surface area contributed by atoms with Crippen molar-refractivity contribution in [3.8, 4) is 0 Å². The van der Waals surface area contributed by atoms with Crippen molar-refractivity contribution in [2.24, 2.45) is 0 Å². The molecule has 1 aromatic heterocycles. The van der Waals surface area contributed by atoms with E-state index >= 15 is 0 Å². The summed E-state index contributed by atoms with van der Waals surface area (Å²) in [4.78, 5) is 27.9. The maximum Gasteiger partial charge on any atom is 0.306 e. The molecule has 0 fully saturated rings. The lowest BCUT2D eigenvalue weighted by Gasteiger charge is -2.10. The number of aryl methyl sites for hydroxylation is 2. The summed E-state index contributed by atoms with van der Waals surface area (Å²) in [6.45, 7) is 4.03. The fourth-order valence-electron chi connectivity index (χ4n) is 2.46. The molecule has 0 aliphatic rings. The van der Waals surface area contributed by atoms with Gasteiger partial charge in [0.15, 0.2) is 0 Å². The quantitative estimate of drug-likeness (QED) is 0.475. The van der Waals surface area contributed by atoms with Gasteiger partial charge in [-0.15, -0.1) is 0 Å². The van der Waals surface area contributed by atoms with Gasteiger partial charge in [0, 0.05) is 22.8 Å². The molecule has 6 nitrogen and oxygen atoms in total. The molecule has 3 aromatic rings. The number of hydrogen-bond donors (Lipinski definition) is 1. The van der Waals surface area contributed by atoms with E-state index in [-0.39, 0.29) is 5.69 Å². The molecular formula is C20H16FN3O3S. The molecular weight excluding hydrogens is 381 g/mol. The van der Waals surface area contributed by atoms with E-state index < -0.39 is 22.3 Å². The van der Waals surface area contributed by atoms with Crippen molar-refractivity contribution < 1.29 is 14.1 Å². The van der Waals surface area contributed by atoms with E-state index in [1.165, 1.54) is 23.4 Å². The Bertz CT molecular complexity index is 1070. The van der Waals surface area contributed by atoms with Crippen molar-refractivity contribution in [3.05, 3.63) is 87.3 Å². The lowest BCUT2D eigenvalue weighted by Crippen LogP contribution is -2.14. The molecule has 0 spiro atoms. The standard InChI is InChI=1S/C20H16FN3O3S/c1-12-5-7-15(10-13(12)2)28-20-16(4-3-9-22-20)19(25)23-14-6-8-17(21)18(11-14)24(26)27/h3-11H,1-2H3,(H,23,25). The van der Waals surface area contributed by atoms with Crippen LogP contribution in [0.4, 0.5) is 15.8 Å². The van der Waals surface area contributed by atoms with Gasteiger partial charge in [0.1, 0.15) is 5.03 Å². The molecule has 0 saturated carbocycles. The summed E-state index contributed by atoms with van der Waals surface area (Å²) >= 11 is 1.35. The Labute approximate surface area is 165 Å². The van der Waals surface area contributed by atoms with Crippen molar-refractivity contribution in [2.75, 3.05) is 5.32 Å². The smallest absolute Gasteiger partial charge is 0.306 e. The number of hydrogen-bond acceptors (Lipinski definition) is 5. The first-order valence-electron chi connectivity index (χ1n) is 8.30. The van der Waals surface area contributed by atoms with Crippen molar-refractivity contribution in [3.63, 3.8) is 0 Å². The van der Waals surface area contributed by atoms with E-state index in [0.717, 1.165) is 22.6 Å². The van der Waals surface area contributed by atoms with Crippen molar-refractivity contribution in [2.45, 2.75) is 23.8 Å². The molecule has 28 heavy (non-hydrogen) atoms. The minimum absolute atomic E-state index is 0.129. The van der Waals surface area contributed by atoms with E-state index in [1.54, 1.807) is 18.3 Å². The fraction of sp³-hybridized carbons (Fsp3) is 0.100. The molecule has 0 aliphatic carbocycles. The summed E-state index contributed by atoms with van der Waals surface area (Å²) in [5.74, 6) is -1.45. The number of carbonyl (C=O) groups excluding carboxylic acids is 1. The van der Waals surface area contributed by atoms with Gasteiger partial charge in [-0.2, -0.15) is 4.39 Å². The minimum Gasteiger partial charge on any atom is -0.322 e. The highest BCUT2D eigenvalue weighted by atomic mass is 32.2. The van der Waals surface area contributed by atoms with Gasteiger partial charge in [-0.3, -0.25) is 14.9 Å². The molecule has 1 heterocycles. The number of benzene rings is 2. The predicted molar refractivity (Wildman–Crippen MR) is 105 cm³/mol. The first-order chi connectivity index (χ1) is 13.3. The molecule has 3 rings (SSSR count). The monoisotopic (exact) mass is 397 g/mol. The molecule has 0 saturated heterocycles. The van der Waals surface area contributed by atoms with Gasteiger partial charge in [-0.1, -0.05) is 17.8 Å². The van der Waals surface area contributed by atoms with E-state index in [1.807, 2.05) is 32.0 Å². The zero-order chi connectivity index (χ0) is 20.3. The van der Waals surface area contributed by atoms with Crippen molar-refractivity contribution in [1.82, 2.24) is 4.98 Å². The van der Waals surface area contributed by atoms with Crippen LogP contribution in [0.2, 0.25) is 0 Å². The molecule has 142 valence electrons. The molecule has 1 N–H and O–H groups in total. The number of nitrogens with zero attached hydrogens (tertiary/aromatic N) is 2. The third-order valence-corrected chi connectivity index (χ3v) is 5.12. The number of carbonyl (C=O) groups is 1. The van der Waals surface area contributed by atoms with Gasteiger partial charge in [-0.05, 0) is 61.4 Å². The summed E-state index contributed by atoms with van der Waals surface area (Å²) in [6.07, 6.45) is 1.59. The van der Waals surface area contributed by atoms with Crippen LogP contribution in [0, 0.1) is 29.8 Å². The third-order valence-electron chi connectivity index (χ3n) is 4.11. The minimum atomic E-state index is -0.963. The van der Waals surface area contributed by atoms with Crippen LogP contribution in [0.5, 0.6) is 0 Å². The lowest BCUT2D eigenvalue weighted by molar-refractivity contribution is -0.387. The van der Waals surface area contributed by atoms with Gasteiger partial charge >= 0.3 is 5.69 Å². The van der Waals surface area contributed by atoms with E-state index in [4.69, 9.17) is 0 Å². The van der Waals surface area contributed by atoms with Crippen molar-refractivity contribution in [1.29, 1.82) is 0 Å². The Morgan fingerprint density at radius 1 is 1.14 bits per heavy atom. The zero-order valence-corrected chi connectivity index (χ0v) is 15.9. The predicted octanol–water partition coefficient (Wildman–Crippen LogP) is 5.15. The van der Waals surface area contributed by atoms with E-state index in [2.05, 4.69) is 10.3 Å². The third kappa shape index (κ3) is 4.34. The molecule has 2 aromatic carbocycles. The molecule has 8 heteroatoms. The normalized spacial score (nSPS) is 10.5. The van der Waals surface area contributed by atoms with Crippen LogP contribution >= 0.6 is 11.8 Å². The van der Waals surface area contributed by atoms with E-state index in [0.29, 0.717) is 10.6 Å². The van der Waals surface area contributed by atoms with Crippen LogP contribution in [0.1, 0.15) is 21.5 Å². The van der Waals surface area contributed by atoms with Gasteiger partial charge in [-0.25, -0.2) is 4.98 Å². The fourth-order valence-corrected chi connectivity index (χ4v) is 3.44. The number of aromatic nitrogens is 1. The molecule has 0 bridgehead atoms. The van der Waals surface area contributed by atoms with Crippen LogP contribution < -0.4 is 5.32 Å². The van der Waals surface area contributed by atoms with Gasteiger partial charge < -0.3 is 5.32 Å². The summed E-state index contributed by atoms with van der Waals surface area (Å²) in [6, 6.07) is 12.4. The Morgan fingerprint density at radius 2 is 1.93 bits per heavy atom. The number of nitro benzene ring substituents is 1. The maximum atomic E-state index is 13.5. The zero-order valence-electron chi connectivity index (χ0n) is 15.1. The first-order valence-corrected chi connectivity index (χ1v) is 9.12. The second-order valence-corrected chi connectivity index (χ2v) is 7.14. The molecule has 1 amide bonds. The highest BCUT2D eigenvalue weighted by Crippen LogP contribution is 2.30. The first kappa shape index (κ1) is 19.5. The number of anilines is 1. The Kier molecular flexibility index (Phi) is 5.70. The number of halogens is 1. The second-order valence-electron chi connectivity index (χ2n) is 6.08. The topological polar surface area (TPSA) is 85.1 Å². The average Bonchev–Trinajstić information content (AvgIpc) is 2.66. The lowest BCUT2D eigenvalue weighted by atomic mass is 10.1. The highest BCUT2D eigenvalue weighted by molar-refractivity contribution is 7.99. The van der Waals surface area contributed by atoms with Crippen molar-refractivity contribution >= 4 is 29.0 Å². The Morgan fingerprint density at radius 3 is 2.64 bits per heavy atom. The second kappa shape index (κ2) is 8.18. The highest BCUT2D eigenvalue weighted by Gasteiger charge is 2.18. The van der Waals surface area contributed by atoms with Crippen LogP contribution in [-0.2, 0) is 0 Å². The van der Waals surface area contributed by atoms with Crippen LogP contribution in [0.25, 0.3) is 0 Å². The summed E-state index contributed by atoms with van der Waals surface area (Å²) in [5.41, 5.74) is 2.04. The molecule has 0 unspecified atom stereocenters. The SMILES string of the molecule is Cc1ccc(Sc2ncccc2C(=O)Nc2ccc(F)c([N+](=O)[O-])c2)cc1C. The molecule has 0 atom stereocenters.